The van der Waals surface area contributed by atoms with Crippen LogP contribution >= 0.6 is 11.3 Å². The largest absolute Gasteiger partial charge is 0.386 e. The summed E-state index contributed by atoms with van der Waals surface area (Å²) < 4.78 is 0. The number of carbonyl (C=O) groups excluding carboxylic acids is 1. The van der Waals surface area contributed by atoms with Crippen molar-refractivity contribution in [3.63, 3.8) is 0 Å². The Morgan fingerprint density at radius 1 is 1.32 bits per heavy atom. The SMILES string of the molecule is CCN=N/N=C(\N)CC1CCCCC1.NC(=O)c1ccsc1. The van der Waals surface area contributed by atoms with Crippen molar-refractivity contribution in [3.05, 3.63) is 22.4 Å². The summed E-state index contributed by atoms with van der Waals surface area (Å²) in [6.45, 7) is 2.59. The molecule has 0 aromatic carbocycles. The van der Waals surface area contributed by atoms with Gasteiger partial charge in [-0.3, -0.25) is 4.79 Å². The van der Waals surface area contributed by atoms with Gasteiger partial charge in [0.1, 0.15) is 5.84 Å². The third-order valence-corrected chi connectivity index (χ3v) is 4.09. The van der Waals surface area contributed by atoms with Crippen molar-refractivity contribution in [3.8, 4) is 0 Å². The van der Waals surface area contributed by atoms with Crippen LogP contribution in [0.2, 0.25) is 0 Å². The van der Waals surface area contributed by atoms with E-state index in [1.165, 1.54) is 43.4 Å². The van der Waals surface area contributed by atoms with Gasteiger partial charge >= 0.3 is 0 Å². The molecule has 0 radical (unpaired) electrons. The lowest BCUT2D eigenvalue weighted by Crippen LogP contribution is -2.18. The molecule has 2 rings (SSSR count). The Morgan fingerprint density at radius 2 is 2.05 bits per heavy atom. The second kappa shape index (κ2) is 10.9. The van der Waals surface area contributed by atoms with E-state index in [0.29, 0.717) is 17.9 Å². The molecule has 4 N–H and O–H groups in total. The topological polar surface area (TPSA) is 106 Å². The van der Waals surface area contributed by atoms with Crippen LogP contribution in [0, 0.1) is 5.92 Å². The predicted octanol–water partition coefficient (Wildman–Crippen LogP) is 3.55. The van der Waals surface area contributed by atoms with Gasteiger partial charge in [-0.05, 0) is 29.5 Å². The fourth-order valence-corrected chi connectivity index (χ4v) is 2.93. The van der Waals surface area contributed by atoms with E-state index in [2.05, 4.69) is 15.4 Å². The van der Waals surface area contributed by atoms with Crippen molar-refractivity contribution >= 4 is 23.1 Å². The monoisotopic (exact) mass is 323 g/mol. The number of amidine groups is 1. The third-order valence-electron chi connectivity index (χ3n) is 3.41. The highest BCUT2D eigenvalue weighted by atomic mass is 32.1. The van der Waals surface area contributed by atoms with Gasteiger partial charge < -0.3 is 11.5 Å². The zero-order valence-corrected chi connectivity index (χ0v) is 13.9. The first-order chi connectivity index (χ1) is 10.6. The van der Waals surface area contributed by atoms with E-state index in [9.17, 15) is 4.79 Å². The van der Waals surface area contributed by atoms with E-state index in [1.54, 1.807) is 11.4 Å². The maximum absolute atomic E-state index is 10.3. The molecule has 1 aliphatic rings. The first-order valence-electron chi connectivity index (χ1n) is 7.64. The first-order valence-corrected chi connectivity index (χ1v) is 8.58. The molecule has 0 bridgehead atoms. The second-order valence-corrected chi connectivity index (χ2v) is 6.00. The van der Waals surface area contributed by atoms with Gasteiger partial charge in [0.15, 0.2) is 0 Å². The van der Waals surface area contributed by atoms with Gasteiger partial charge in [-0.15, -0.1) is 5.10 Å². The highest BCUT2D eigenvalue weighted by Crippen LogP contribution is 2.25. The second-order valence-electron chi connectivity index (χ2n) is 5.22. The van der Waals surface area contributed by atoms with E-state index in [0.717, 1.165) is 12.3 Å². The lowest BCUT2D eigenvalue weighted by Gasteiger charge is -2.20. The molecule has 0 unspecified atom stereocenters. The quantitative estimate of drug-likeness (QED) is 0.374. The molecule has 0 atom stereocenters. The number of hydrogen-bond donors (Lipinski definition) is 2. The normalized spacial score (nSPS) is 16.3. The number of thiophene rings is 1. The highest BCUT2D eigenvalue weighted by molar-refractivity contribution is 7.08. The summed E-state index contributed by atoms with van der Waals surface area (Å²) >= 11 is 1.47. The van der Waals surface area contributed by atoms with Gasteiger partial charge in [0.05, 0.1) is 6.54 Å². The lowest BCUT2D eigenvalue weighted by molar-refractivity contribution is 0.100. The van der Waals surface area contributed by atoms with E-state index >= 15 is 0 Å². The Bertz CT molecular complexity index is 478. The molecule has 1 aromatic rings. The predicted molar refractivity (Wildman–Crippen MR) is 91.0 cm³/mol. The Balaban J connectivity index is 0.000000255. The van der Waals surface area contributed by atoms with Gasteiger partial charge in [-0.1, -0.05) is 32.1 Å². The summed E-state index contributed by atoms with van der Waals surface area (Å²) in [5.74, 6) is 1.00. The van der Waals surface area contributed by atoms with Crippen LogP contribution in [0.1, 0.15) is 55.8 Å². The summed E-state index contributed by atoms with van der Waals surface area (Å²) in [6.07, 6.45) is 7.54. The van der Waals surface area contributed by atoms with Crippen LogP contribution in [0.15, 0.2) is 32.3 Å². The molecule has 122 valence electrons. The van der Waals surface area contributed by atoms with Gasteiger partial charge in [0, 0.05) is 17.4 Å². The van der Waals surface area contributed by atoms with Gasteiger partial charge in [-0.2, -0.15) is 16.5 Å². The molecular formula is C15H25N5OS. The zero-order valence-electron chi connectivity index (χ0n) is 13.1. The van der Waals surface area contributed by atoms with Crippen LogP contribution in [-0.2, 0) is 0 Å². The molecule has 0 aliphatic heterocycles. The molecule has 1 fully saturated rings. The van der Waals surface area contributed by atoms with Crippen LogP contribution in [-0.4, -0.2) is 18.3 Å². The molecule has 1 aliphatic carbocycles. The van der Waals surface area contributed by atoms with Crippen molar-refractivity contribution in [2.24, 2.45) is 32.8 Å². The van der Waals surface area contributed by atoms with Crippen LogP contribution in [0.25, 0.3) is 0 Å². The Morgan fingerprint density at radius 3 is 2.55 bits per heavy atom. The maximum atomic E-state index is 10.3. The van der Waals surface area contributed by atoms with Crippen molar-refractivity contribution in [1.29, 1.82) is 0 Å². The van der Waals surface area contributed by atoms with E-state index in [1.807, 2.05) is 12.3 Å². The van der Waals surface area contributed by atoms with Gasteiger partial charge in [0.2, 0.25) is 5.91 Å². The minimum absolute atomic E-state index is 0.355. The Labute approximate surface area is 135 Å². The number of primary amides is 1. The summed E-state index contributed by atoms with van der Waals surface area (Å²) in [7, 11) is 0. The molecule has 1 aromatic heterocycles. The van der Waals surface area contributed by atoms with Crippen LogP contribution < -0.4 is 11.5 Å². The Kier molecular flexibility index (Phi) is 9.06. The molecule has 6 nitrogen and oxygen atoms in total. The van der Waals surface area contributed by atoms with Gasteiger partial charge in [0.25, 0.3) is 0 Å². The molecule has 0 spiro atoms. The van der Waals surface area contributed by atoms with Crippen molar-refractivity contribution in [1.82, 2.24) is 0 Å². The zero-order chi connectivity index (χ0) is 16.2. The first kappa shape index (κ1) is 18.3. The maximum Gasteiger partial charge on any atom is 0.249 e. The molecular weight excluding hydrogens is 298 g/mol. The number of hydrogen-bond acceptors (Lipinski definition) is 4. The minimum Gasteiger partial charge on any atom is -0.386 e. The summed E-state index contributed by atoms with van der Waals surface area (Å²) in [5, 5.41) is 14.8. The molecule has 0 saturated heterocycles. The van der Waals surface area contributed by atoms with Gasteiger partial charge in [-0.25, -0.2) is 0 Å². The number of carbonyl (C=O) groups is 1. The van der Waals surface area contributed by atoms with Crippen molar-refractivity contribution in [2.75, 3.05) is 6.54 Å². The standard InChI is InChI=1S/C10H20N4.C5H5NOS/c1-2-12-14-13-10(11)8-9-6-4-3-5-7-9;6-5(7)4-1-2-8-3-4/h9H,2-8H2,1H3,(H2,11,12,13);1-3H,(H2,6,7). The lowest BCUT2D eigenvalue weighted by atomic mass is 9.87. The van der Waals surface area contributed by atoms with E-state index in [4.69, 9.17) is 11.5 Å². The third kappa shape index (κ3) is 7.87. The fraction of sp³-hybridized carbons (Fsp3) is 0.600. The number of nitrogens with zero attached hydrogens (tertiary/aromatic N) is 3. The number of nitrogens with two attached hydrogens (primary N) is 2. The highest BCUT2D eigenvalue weighted by Gasteiger charge is 2.14. The average molecular weight is 323 g/mol. The minimum atomic E-state index is -0.355. The van der Waals surface area contributed by atoms with Crippen molar-refractivity contribution < 1.29 is 4.79 Å². The average Bonchev–Trinajstić information content (AvgIpc) is 3.04. The molecule has 1 amide bonds. The van der Waals surface area contributed by atoms with Crippen LogP contribution in [0.4, 0.5) is 0 Å². The number of amides is 1. The summed E-state index contributed by atoms with van der Waals surface area (Å²) in [4.78, 5) is 10.3. The number of rotatable bonds is 5. The fourth-order valence-electron chi connectivity index (χ4n) is 2.28. The molecule has 1 heterocycles. The van der Waals surface area contributed by atoms with E-state index in [-0.39, 0.29) is 5.91 Å². The Hall–Kier alpha value is -1.76. The smallest absolute Gasteiger partial charge is 0.249 e. The molecule has 7 heteroatoms. The molecule has 22 heavy (non-hydrogen) atoms. The van der Waals surface area contributed by atoms with Crippen LogP contribution in [0.3, 0.4) is 0 Å². The summed E-state index contributed by atoms with van der Waals surface area (Å²) in [6, 6.07) is 1.70. The van der Waals surface area contributed by atoms with E-state index < -0.39 is 0 Å². The van der Waals surface area contributed by atoms with Crippen LogP contribution in [0.5, 0.6) is 0 Å². The molecule has 1 saturated carbocycles. The van der Waals surface area contributed by atoms with Crippen molar-refractivity contribution in [2.45, 2.75) is 45.4 Å². The summed E-state index contributed by atoms with van der Waals surface area (Å²) in [5.41, 5.74) is 11.3.